The van der Waals surface area contributed by atoms with E-state index in [0.29, 0.717) is 6.42 Å². The maximum Gasteiger partial charge on any atom is 0.416 e. The van der Waals surface area contributed by atoms with Gasteiger partial charge in [-0.25, -0.2) is 0 Å². The maximum absolute atomic E-state index is 12.5. The Labute approximate surface area is 125 Å². The fraction of sp³-hybridized carbons (Fsp3) is 0.188. The molecule has 0 aliphatic heterocycles. The van der Waals surface area contributed by atoms with Crippen LogP contribution in [-0.4, -0.2) is 5.78 Å². The number of rotatable bonds is 4. The van der Waals surface area contributed by atoms with Crippen molar-refractivity contribution in [2.45, 2.75) is 19.0 Å². The van der Waals surface area contributed by atoms with E-state index in [1.807, 2.05) is 30.3 Å². The Bertz CT molecular complexity index is 636. The van der Waals surface area contributed by atoms with Gasteiger partial charge in [0.15, 0.2) is 5.78 Å². The van der Waals surface area contributed by atoms with Gasteiger partial charge < -0.3 is 0 Å². The molecule has 0 radical (unpaired) electrons. The number of carbonyl (C=O) groups is 1. The highest BCUT2D eigenvalue weighted by molar-refractivity contribution is 6.34. The van der Waals surface area contributed by atoms with Gasteiger partial charge in [-0.05, 0) is 30.2 Å². The minimum absolute atomic E-state index is 0.126. The van der Waals surface area contributed by atoms with Crippen LogP contribution >= 0.6 is 11.6 Å². The molecule has 5 heteroatoms. The zero-order valence-corrected chi connectivity index (χ0v) is 11.7. The third-order valence-electron chi connectivity index (χ3n) is 3.08. The minimum Gasteiger partial charge on any atom is -0.294 e. The van der Waals surface area contributed by atoms with Crippen LogP contribution in [0.1, 0.15) is 27.9 Å². The van der Waals surface area contributed by atoms with Crippen molar-refractivity contribution in [3.05, 3.63) is 70.2 Å². The second kappa shape index (κ2) is 6.31. The third-order valence-corrected chi connectivity index (χ3v) is 3.39. The van der Waals surface area contributed by atoms with Crippen LogP contribution in [0.3, 0.4) is 0 Å². The molecule has 110 valence electrons. The van der Waals surface area contributed by atoms with Gasteiger partial charge in [-0.1, -0.05) is 41.9 Å². The van der Waals surface area contributed by atoms with Crippen LogP contribution in [-0.2, 0) is 12.6 Å². The topological polar surface area (TPSA) is 17.1 Å². The van der Waals surface area contributed by atoms with Crippen LogP contribution in [0.4, 0.5) is 13.2 Å². The summed E-state index contributed by atoms with van der Waals surface area (Å²) in [5.74, 6) is -0.266. The van der Waals surface area contributed by atoms with Gasteiger partial charge >= 0.3 is 6.18 Å². The minimum atomic E-state index is -4.46. The molecule has 0 unspecified atom stereocenters. The Morgan fingerprint density at radius 3 is 2.29 bits per heavy atom. The maximum atomic E-state index is 12.5. The fourth-order valence-corrected chi connectivity index (χ4v) is 2.24. The fourth-order valence-electron chi connectivity index (χ4n) is 1.95. The molecule has 1 nitrogen and oxygen atoms in total. The molecule has 2 aromatic rings. The average Bonchev–Trinajstić information content (AvgIpc) is 2.45. The summed E-state index contributed by atoms with van der Waals surface area (Å²) in [5.41, 5.74) is 0.265. The van der Waals surface area contributed by atoms with E-state index in [2.05, 4.69) is 0 Å². The number of carbonyl (C=O) groups excluding carboxylic acids is 1. The SMILES string of the molecule is O=C(CCc1ccccc1)c1ccc(C(F)(F)F)cc1Cl. The third kappa shape index (κ3) is 4.08. The van der Waals surface area contributed by atoms with Gasteiger partial charge in [0.2, 0.25) is 0 Å². The second-order valence-electron chi connectivity index (χ2n) is 4.60. The molecular formula is C16H12ClF3O. The van der Waals surface area contributed by atoms with E-state index in [0.717, 1.165) is 23.8 Å². The molecule has 0 spiro atoms. The lowest BCUT2D eigenvalue weighted by atomic mass is 10.0. The van der Waals surface area contributed by atoms with E-state index in [-0.39, 0.29) is 22.8 Å². The van der Waals surface area contributed by atoms with E-state index in [1.165, 1.54) is 0 Å². The van der Waals surface area contributed by atoms with Crippen molar-refractivity contribution in [3.8, 4) is 0 Å². The standard InChI is InChI=1S/C16H12ClF3O/c17-14-10-12(16(18,19)20)7-8-13(14)15(21)9-6-11-4-2-1-3-5-11/h1-5,7-8,10H,6,9H2. The summed E-state index contributed by atoms with van der Waals surface area (Å²) in [6, 6.07) is 12.2. The molecule has 0 aromatic heterocycles. The van der Waals surface area contributed by atoms with E-state index in [9.17, 15) is 18.0 Å². The summed E-state index contributed by atoms with van der Waals surface area (Å²) in [6.45, 7) is 0. The van der Waals surface area contributed by atoms with Gasteiger partial charge in [0, 0.05) is 12.0 Å². The Morgan fingerprint density at radius 2 is 1.71 bits per heavy atom. The van der Waals surface area contributed by atoms with Gasteiger partial charge in [0.1, 0.15) is 0 Å². The van der Waals surface area contributed by atoms with E-state index in [4.69, 9.17) is 11.6 Å². The molecule has 2 rings (SSSR count). The van der Waals surface area contributed by atoms with Crippen LogP contribution < -0.4 is 0 Å². The van der Waals surface area contributed by atoms with Gasteiger partial charge in [-0.15, -0.1) is 0 Å². The Morgan fingerprint density at radius 1 is 1.05 bits per heavy atom. The van der Waals surface area contributed by atoms with Crippen molar-refractivity contribution in [1.82, 2.24) is 0 Å². The lowest BCUT2D eigenvalue weighted by Gasteiger charge is -2.09. The summed E-state index contributed by atoms with van der Waals surface area (Å²) in [7, 11) is 0. The molecule has 0 aliphatic carbocycles. The molecule has 21 heavy (non-hydrogen) atoms. The lowest BCUT2D eigenvalue weighted by Crippen LogP contribution is -2.07. The Hall–Kier alpha value is -1.81. The Balaban J connectivity index is 2.09. The van der Waals surface area contributed by atoms with E-state index < -0.39 is 11.7 Å². The molecule has 0 N–H and O–H groups in total. The zero-order chi connectivity index (χ0) is 15.5. The van der Waals surface area contributed by atoms with Crippen LogP contribution in [0.5, 0.6) is 0 Å². The highest BCUT2D eigenvalue weighted by atomic mass is 35.5. The number of hydrogen-bond acceptors (Lipinski definition) is 1. The number of alkyl halides is 3. The number of hydrogen-bond donors (Lipinski definition) is 0. The average molecular weight is 313 g/mol. The first-order valence-electron chi connectivity index (χ1n) is 6.32. The molecule has 0 heterocycles. The smallest absolute Gasteiger partial charge is 0.294 e. The highest BCUT2D eigenvalue weighted by Crippen LogP contribution is 2.32. The molecule has 0 amide bonds. The largest absolute Gasteiger partial charge is 0.416 e. The number of benzene rings is 2. The van der Waals surface area contributed by atoms with Gasteiger partial charge in [-0.2, -0.15) is 13.2 Å². The number of ketones is 1. The monoisotopic (exact) mass is 312 g/mol. The summed E-state index contributed by atoms with van der Waals surface area (Å²) < 4.78 is 37.6. The first-order chi connectivity index (χ1) is 9.88. The summed E-state index contributed by atoms with van der Waals surface area (Å²) >= 11 is 5.79. The second-order valence-corrected chi connectivity index (χ2v) is 5.01. The van der Waals surface area contributed by atoms with Gasteiger partial charge in [-0.3, -0.25) is 4.79 Å². The summed E-state index contributed by atoms with van der Waals surface area (Å²) in [4.78, 5) is 12.0. The van der Waals surface area contributed by atoms with Crippen molar-refractivity contribution in [1.29, 1.82) is 0 Å². The summed E-state index contributed by atoms with van der Waals surface area (Å²) in [6.07, 6.45) is -3.73. The normalized spacial score (nSPS) is 11.4. The number of halogens is 4. The highest BCUT2D eigenvalue weighted by Gasteiger charge is 2.31. The zero-order valence-electron chi connectivity index (χ0n) is 11.0. The molecular weight excluding hydrogens is 301 g/mol. The van der Waals surface area contributed by atoms with Gasteiger partial charge in [0.05, 0.1) is 10.6 Å². The van der Waals surface area contributed by atoms with Crippen molar-refractivity contribution < 1.29 is 18.0 Å². The molecule has 0 fully saturated rings. The van der Waals surface area contributed by atoms with Crippen LogP contribution in [0.25, 0.3) is 0 Å². The predicted molar refractivity (Wildman–Crippen MR) is 75.5 cm³/mol. The van der Waals surface area contributed by atoms with E-state index in [1.54, 1.807) is 0 Å². The van der Waals surface area contributed by atoms with Crippen molar-refractivity contribution in [2.24, 2.45) is 0 Å². The lowest BCUT2D eigenvalue weighted by molar-refractivity contribution is -0.137. The first-order valence-corrected chi connectivity index (χ1v) is 6.69. The van der Waals surface area contributed by atoms with Crippen LogP contribution in [0.2, 0.25) is 5.02 Å². The van der Waals surface area contributed by atoms with Gasteiger partial charge in [0.25, 0.3) is 0 Å². The first kappa shape index (κ1) is 15.6. The van der Waals surface area contributed by atoms with Crippen molar-refractivity contribution in [2.75, 3.05) is 0 Å². The molecule has 0 saturated carbocycles. The Kier molecular flexibility index (Phi) is 4.68. The molecule has 0 bridgehead atoms. The van der Waals surface area contributed by atoms with Crippen LogP contribution in [0.15, 0.2) is 48.5 Å². The van der Waals surface area contributed by atoms with E-state index >= 15 is 0 Å². The molecule has 0 atom stereocenters. The molecule has 0 saturated heterocycles. The van der Waals surface area contributed by atoms with Crippen LogP contribution in [0, 0.1) is 0 Å². The molecule has 0 aliphatic rings. The number of aryl methyl sites for hydroxylation is 1. The predicted octanol–water partition coefficient (Wildman–Crippen LogP) is 5.17. The quantitative estimate of drug-likeness (QED) is 0.711. The molecule has 2 aromatic carbocycles. The number of Topliss-reactive ketones (excluding diaryl/α,β-unsaturated/α-hetero) is 1. The summed E-state index contributed by atoms with van der Waals surface area (Å²) in [5, 5.41) is -0.164. The van der Waals surface area contributed by atoms with Crippen molar-refractivity contribution >= 4 is 17.4 Å². The van der Waals surface area contributed by atoms with Crippen molar-refractivity contribution in [3.63, 3.8) is 0 Å².